The van der Waals surface area contributed by atoms with E-state index in [0.29, 0.717) is 17.8 Å². The van der Waals surface area contributed by atoms with E-state index in [0.717, 1.165) is 31.7 Å². The monoisotopic (exact) mass is 327 g/mol. The molecule has 0 aliphatic carbocycles. The maximum absolute atomic E-state index is 13.9. The van der Waals surface area contributed by atoms with Crippen molar-refractivity contribution < 1.29 is 9.13 Å². The highest BCUT2D eigenvalue weighted by Crippen LogP contribution is 2.34. The van der Waals surface area contributed by atoms with Crippen molar-refractivity contribution in [3.8, 4) is 5.75 Å². The minimum atomic E-state index is -0.278. The number of pyridine rings is 1. The number of halogens is 1. The SMILES string of the molecule is COc1ccc(CN2C3CC2CN(Cc2ccncc2)C3)cc1F. The Morgan fingerprint density at radius 1 is 1.08 bits per heavy atom. The van der Waals surface area contributed by atoms with Gasteiger partial charge in [-0.05, 0) is 41.8 Å². The van der Waals surface area contributed by atoms with Crippen molar-refractivity contribution in [2.24, 2.45) is 0 Å². The molecule has 4 heterocycles. The second kappa shape index (κ2) is 6.49. The molecule has 3 aliphatic rings. The van der Waals surface area contributed by atoms with Crippen LogP contribution in [-0.4, -0.2) is 47.1 Å². The lowest BCUT2D eigenvalue weighted by Gasteiger charge is -2.56. The normalized spacial score (nSPS) is 23.8. The summed E-state index contributed by atoms with van der Waals surface area (Å²) >= 11 is 0. The van der Waals surface area contributed by atoms with Gasteiger partial charge in [-0.2, -0.15) is 0 Å². The van der Waals surface area contributed by atoms with Crippen molar-refractivity contribution in [3.63, 3.8) is 0 Å². The zero-order chi connectivity index (χ0) is 16.5. The number of rotatable bonds is 5. The van der Waals surface area contributed by atoms with Gasteiger partial charge in [0.25, 0.3) is 0 Å². The fraction of sp³-hybridized carbons (Fsp3) is 0.421. The molecule has 2 aromatic rings. The lowest BCUT2D eigenvalue weighted by molar-refractivity contribution is -0.0774. The molecule has 0 radical (unpaired) electrons. The van der Waals surface area contributed by atoms with E-state index in [1.165, 1.54) is 19.1 Å². The summed E-state index contributed by atoms with van der Waals surface area (Å²) in [6.07, 6.45) is 4.96. The molecule has 3 fully saturated rings. The van der Waals surface area contributed by atoms with Gasteiger partial charge >= 0.3 is 0 Å². The Balaban J connectivity index is 1.36. The number of hydrogen-bond donors (Lipinski definition) is 0. The molecule has 5 rings (SSSR count). The minimum absolute atomic E-state index is 0.278. The number of fused-ring (bicyclic) bond motifs is 2. The summed E-state index contributed by atoms with van der Waals surface area (Å²) in [7, 11) is 1.50. The van der Waals surface area contributed by atoms with E-state index in [-0.39, 0.29) is 5.82 Å². The molecule has 1 aromatic carbocycles. The summed E-state index contributed by atoms with van der Waals surface area (Å²) in [5.74, 6) is 0.0334. The van der Waals surface area contributed by atoms with Gasteiger partial charge < -0.3 is 4.74 Å². The average molecular weight is 327 g/mol. The van der Waals surface area contributed by atoms with E-state index in [1.807, 2.05) is 18.5 Å². The van der Waals surface area contributed by atoms with Crippen molar-refractivity contribution in [1.29, 1.82) is 0 Å². The van der Waals surface area contributed by atoms with Crippen LogP contribution >= 0.6 is 0 Å². The highest BCUT2D eigenvalue weighted by atomic mass is 19.1. The first-order valence-electron chi connectivity index (χ1n) is 8.42. The van der Waals surface area contributed by atoms with E-state index in [2.05, 4.69) is 26.9 Å². The maximum atomic E-state index is 13.9. The summed E-state index contributed by atoms with van der Waals surface area (Å²) in [5, 5.41) is 0. The van der Waals surface area contributed by atoms with Crippen LogP contribution in [0.1, 0.15) is 17.5 Å². The molecular formula is C19H22FN3O. The number of benzene rings is 1. The van der Waals surface area contributed by atoms with E-state index < -0.39 is 0 Å². The molecule has 0 N–H and O–H groups in total. The van der Waals surface area contributed by atoms with Crippen molar-refractivity contribution in [2.75, 3.05) is 20.2 Å². The molecule has 0 amide bonds. The van der Waals surface area contributed by atoms with Gasteiger partial charge in [-0.3, -0.25) is 14.8 Å². The third kappa shape index (κ3) is 3.01. The Labute approximate surface area is 141 Å². The standard InChI is InChI=1S/C19H22FN3O/c1-24-19-3-2-15(8-18(19)20)11-23-16-9-17(23)13-22(12-16)10-14-4-6-21-7-5-14/h2-8,16-17H,9-13H2,1H3. The zero-order valence-corrected chi connectivity index (χ0v) is 13.9. The molecule has 2 bridgehead atoms. The van der Waals surface area contributed by atoms with Crippen LogP contribution in [0.15, 0.2) is 42.7 Å². The van der Waals surface area contributed by atoms with Gasteiger partial charge in [0.05, 0.1) is 7.11 Å². The number of piperazine rings is 1. The number of aromatic nitrogens is 1. The van der Waals surface area contributed by atoms with Crippen LogP contribution in [0.4, 0.5) is 4.39 Å². The van der Waals surface area contributed by atoms with Crippen molar-refractivity contribution >= 4 is 0 Å². The Morgan fingerprint density at radius 2 is 1.83 bits per heavy atom. The molecule has 126 valence electrons. The van der Waals surface area contributed by atoms with Gasteiger partial charge in [0.2, 0.25) is 0 Å². The van der Waals surface area contributed by atoms with E-state index in [9.17, 15) is 4.39 Å². The van der Waals surface area contributed by atoms with Crippen LogP contribution in [0, 0.1) is 5.82 Å². The molecule has 24 heavy (non-hydrogen) atoms. The molecule has 5 heteroatoms. The van der Waals surface area contributed by atoms with Crippen molar-refractivity contribution in [3.05, 3.63) is 59.7 Å². The predicted octanol–water partition coefficient (Wildman–Crippen LogP) is 2.69. The molecule has 4 nitrogen and oxygen atoms in total. The summed E-state index contributed by atoms with van der Waals surface area (Å²) in [6, 6.07) is 10.6. The Hall–Kier alpha value is -1.98. The summed E-state index contributed by atoms with van der Waals surface area (Å²) in [5.41, 5.74) is 2.33. The number of nitrogens with zero attached hydrogens (tertiary/aromatic N) is 3. The third-order valence-corrected chi connectivity index (χ3v) is 5.16. The second-order valence-electron chi connectivity index (χ2n) is 6.73. The quantitative estimate of drug-likeness (QED) is 0.844. The van der Waals surface area contributed by atoms with Crippen LogP contribution in [-0.2, 0) is 13.1 Å². The minimum Gasteiger partial charge on any atom is -0.494 e. The van der Waals surface area contributed by atoms with Gasteiger partial charge in [0, 0.05) is 50.7 Å². The molecule has 2 unspecified atom stereocenters. The number of methoxy groups -OCH3 is 1. The third-order valence-electron chi connectivity index (χ3n) is 5.16. The van der Waals surface area contributed by atoms with E-state index in [4.69, 9.17) is 4.74 Å². The van der Waals surface area contributed by atoms with E-state index in [1.54, 1.807) is 12.1 Å². The highest BCUT2D eigenvalue weighted by molar-refractivity contribution is 5.29. The molecule has 1 aromatic heterocycles. The first kappa shape index (κ1) is 15.5. The largest absolute Gasteiger partial charge is 0.494 e. The topological polar surface area (TPSA) is 28.6 Å². The van der Waals surface area contributed by atoms with Crippen LogP contribution in [0.25, 0.3) is 0 Å². The lowest BCUT2D eigenvalue weighted by Crippen LogP contribution is -2.67. The zero-order valence-electron chi connectivity index (χ0n) is 13.9. The van der Waals surface area contributed by atoms with Crippen LogP contribution in [0.2, 0.25) is 0 Å². The molecule has 3 saturated heterocycles. The van der Waals surface area contributed by atoms with Crippen molar-refractivity contribution in [1.82, 2.24) is 14.8 Å². The van der Waals surface area contributed by atoms with Crippen molar-refractivity contribution in [2.45, 2.75) is 31.6 Å². The van der Waals surface area contributed by atoms with Crippen LogP contribution < -0.4 is 4.74 Å². The molecular weight excluding hydrogens is 305 g/mol. The fourth-order valence-corrected chi connectivity index (χ4v) is 3.93. The molecule has 3 aliphatic heterocycles. The van der Waals surface area contributed by atoms with Gasteiger partial charge in [-0.1, -0.05) is 6.07 Å². The highest BCUT2D eigenvalue weighted by Gasteiger charge is 2.44. The number of hydrogen-bond acceptors (Lipinski definition) is 4. The van der Waals surface area contributed by atoms with Gasteiger partial charge in [0.1, 0.15) is 0 Å². The number of ether oxygens (including phenoxy) is 1. The van der Waals surface area contributed by atoms with Crippen LogP contribution in [0.5, 0.6) is 5.75 Å². The summed E-state index contributed by atoms with van der Waals surface area (Å²) in [6.45, 7) is 3.97. The first-order chi connectivity index (χ1) is 11.7. The maximum Gasteiger partial charge on any atom is 0.165 e. The second-order valence-corrected chi connectivity index (χ2v) is 6.73. The van der Waals surface area contributed by atoms with Crippen LogP contribution in [0.3, 0.4) is 0 Å². The Kier molecular flexibility index (Phi) is 4.21. The smallest absolute Gasteiger partial charge is 0.165 e. The first-order valence-corrected chi connectivity index (χ1v) is 8.42. The number of piperidine rings is 1. The molecule has 0 spiro atoms. The lowest BCUT2D eigenvalue weighted by atomic mass is 9.86. The van der Waals surface area contributed by atoms with E-state index >= 15 is 0 Å². The average Bonchev–Trinajstić information content (AvgIpc) is 2.61. The van der Waals surface area contributed by atoms with Gasteiger partial charge in [-0.15, -0.1) is 0 Å². The fourth-order valence-electron chi connectivity index (χ4n) is 3.93. The summed E-state index contributed by atoms with van der Waals surface area (Å²) < 4.78 is 18.9. The Bertz CT molecular complexity index is 697. The molecule has 2 atom stereocenters. The summed E-state index contributed by atoms with van der Waals surface area (Å²) in [4.78, 5) is 9.09. The predicted molar refractivity (Wildman–Crippen MR) is 90.2 cm³/mol. The van der Waals surface area contributed by atoms with Gasteiger partial charge in [-0.25, -0.2) is 4.39 Å². The molecule has 0 saturated carbocycles. The Morgan fingerprint density at radius 3 is 2.50 bits per heavy atom. The van der Waals surface area contributed by atoms with Gasteiger partial charge in [0.15, 0.2) is 11.6 Å².